The third-order valence-corrected chi connectivity index (χ3v) is 5.23. The molecule has 0 aromatic carbocycles. The summed E-state index contributed by atoms with van der Waals surface area (Å²) in [5.74, 6) is 0.859. The van der Waals surface area contributed by atoms with Crippen molar-refractivity contribution in [3.8, 4) is 11.3 Å². The molecule has 0 fully saturated rings. The van der Waals surface area contributed by atoms with Crippen LogP contribution in [-0.4, -0.2) is 52.0 Å². The molecule has 0 aliphatic carbocycles. The number of aryl methyl sites for hydroxylation is 1. The van der Waals surface area contributed by atoms with Crippen LogP contribution in [-0.2, 0) is 11.2 Å². The third kappa shape index (κ3) is 3.13. The monoisotopic (exact) mass is 375 g/mol. The number of hydrogen-bond acceptors (Lipinski definition) is 8. The van der Waals surface area contributed by atoms with E-state index in [1.165, 1.54) is 0 Å². The van der Waals surface area contributed by atoms with E-state index in [1.807, 2.05) is 0 Å². The van der Waals surface area contributed by atoms with Gasteiger partial charge in [0.15, 0.2) is 10.9 Å². The van der Waals surface area contributed by atoms with Gasteiger partial charge in [-0.1, -0.05) is 0 Å². The number of halogens is 1. The predicted molar refractivity (Wildman–Crippen MR) is 97.5 cm³/mol. The van der Waals surface area contributed by atoms with E-state index in [4.69, 9.17) is 9.72 Å². The molecule has 0 unspecified atom stereocenters. The highest BCUT2D eigenvalue weighted by atomic mass is 32.1. The lowest BCUT2D eigenvalue weighted by molar-refractivity contribution is 0.205. The molecule has 0 radical (unpaired) electrons. The maximum atomic E-state index is 13.3. The van der Waals surface area contributed by atoms with Gasteiger partial charge in [0.05, 0.1) is 36.0 Å². The van der Waals surface area contributed by atoms with Gasteiger partial charge in [0.1, 0.15) is 5.82 Å². The first-order valence-corrected chi connectivity index (χ1v) is 9.01. The smallest absolute Gasteiger partial charge is 0.229 e. The van der Waals surface area contributed by atoms with E-state index in [-0.39, 0.29) is 0 Å². The molecule has 1 aliphatic heterocycles. The van der Waals surface area contributed by atoms with E-state index in [0.717, 1.165) is 47.7 Å². The average molecular weight is 375 g/mol. The Balaban J connectivity index is 1.62. The topological polar surface area (TPSA) is 91.8 Å². The van der Waals surface area contributed by atoms with E-state index in [9.17, 15) is 4.39 Å². The van der Waals surface area contributed by atoms with Crippen LogP contribution in [0.15, 0.2) is 12.4 Å². The van der Waals surface area contributed by atoms with E-state index < -0.39 is 5.82 Å². The Labute approximate surface area is 153 Å². The van der Waals surface area contributed by atoms with E-state index in [0.29, 0.717) is 23.4 Å². The van der Waals surface area contributed by atoms with Gasteiger partial charge in [-0.25, -0.2) is 19.3 Å². The number of fused-ring (bicyclic) bond motifs is 3. The lowest BCUT2D eigenvalue weighted by Crippen LogP contribution is -2.29. The van der Waals surface area contributed by atoms with Crippen LogP contribution in [0.3, 0.4) is 0 Å². The summed E-state index contributed by atoms with van der Waals surface area (Å²) < 4.78 is 18.5. The standard InChI is InChI=1S/C16H18FN7OS/c1-9-11(17)8-18-15(20-9)22-16-21-13-10-7-19-23-14(10)24(5-6-25-2)4-3-12(13)26-16/h7-8H,3-6H2,1-2H3,(H,19,23)(H,18,20,21,22). The molecule has 1 aliphatic rings. The Bertz CT molecular complexity index is 925. The second-order valence-corrected chi connectivity index (χ2v) is 6.99. The minimum atomic E-state index is -0.426. The van der Waals surface area contributed by atoms with Crippen molar-refractivity contribution in [2.75, 3.05) is 37.0 Å². The molecule has 4 heterocycles. The van der Waals surface area contributed by atoms with Gasteiger partial charge in [-0.3, -0.25) is 5.10 Å². The second kappa shape index (κ2) is 6.96. The van der Waals surface area contributed by atoms with Crippen LogP contribution in [0, 0.1) is 12.7 Å². The highest BCUT2D eigenvalue weighted by Gasteiger charge is 2.25. The van der Waals surface area contributed by atoms with Gasteiger partial charge >= 0.3 is 0 Å². The average Bonchev–Trinajstić information content (AvgIpc) is 3.23. The molecule has 0 saturated heterocycles. The zero-order valence-electron chi connectivity index (χ0n) is 14.4. The number of nitrogens with zero attached hydrogens (tertiary/aromatic N) is 5. The summed E-state index contributed by atoms with van der Waals surface area (Å²) in [4.78, 5) is 16.2. The molecule has 26 heavy (non-hydrogen) atoms. The number of aromatic amines is 1. The minimum absolute atomic E-state index is 0.298. The third-order valence-electron chi connectivity index (χ3n) is 4.20. The normalized spacial score (nSPS) is 13.3. The summed E-state index contributed by atoms with van der Waals surface area (Å²) in [6, 6.07) is 0. The summed E-state index contributed by atoms with van der Waals surface area (Å²) in [6.07, 6.45) is 3.82. The fraction of sp³-hybridized carbons (Fsp3) is 0.375. The number of hydrogen-bond donors (Lipinski definition) is 2. The van der Waals surface area contributed by atoms with Crippen molar-refractivity contribution in [3.63, 3.8) is 0 Å². The zero-order valence-corrected chi connectivity index (χ0v) is 15.2. The molecule has 136 valence electrons. The van der Waals surface area contributed by atoms with Crippen LogP contribution in [0.4, 0.5) is 21.3 Å². The molecule has 10 heteroatoms. The van der Waals surface area contributed by atoms with Crippen LogP contribution in [0.5, 0.6) is 0 Å². The molecule has 8 nitrogen and oxygen atoms in total. The lowest BCUT2D eigenvalue weighted by Gasteiger charge is -2.21. The number of thiazole rings is 1. The molecular formula is C16H18FN7OS. The minimum Gasteiger partial charge on any atom is -0.383 e. The largest absolute Gasteiger partial charge is 0.383 e. The molecule has 3 aromatic heterocycles. The molecule has 0 bridgehead atoms. The molecule has 2 N–H and O–H groups in total. The molecule has 0 amide bonds. The Kier molecular flexibility index (Phi) is 4.51. The van der Waals surface area contributed by atoms with Gasteiger partial charge in [0.2, 0.25) is 5.95 Å². The number of methoxy groups -OCH3 is 1. The Morgan fingerprint density at radius 2 is 2.27 bits per heavy atom. The molecule has 3 aromatic rings. The quantitative estimate of drug-likeness (QED) is 0.708. The lowest BCUT2D eigenvalue weighted by atomic mass is 10.2. The summed E-state index contributed by atoms with van der Waals surface area (Å²) in [5, 5.41) is 11.0. The van der Waals surface area contributed by atoms with Crippen molar-refractivity contribution >= 4 is 28.2 Å². The summed E-state index contributed by atoms with van der Waals surface area (Å²) in [5.41, 5.74) is 2.17. The number of nitrogens with one attached hydrogen (secondary N) is 2. The Morgan fingerprint density at radius 3 is 3.08 bits per heavy atom. The van der Waals surface area contributed by atoms with E-state index in [2.05, 4.69) is 30.4 Å². The van der Waals surface area contributed by atoms with Crippen molar-refractivity contribution in [1.29, 1.82) is 0 Å². The van der Waals surface area contributed by atoms with Gasteiger partial charge in [0, 0.05) is 31.5 Å². The summed E-state index contributed by atoms with van der Waals surface area (Å²) in [7, 11) is 1.70. The highest BCUT2D eigenvalue weighted by molar-refractivity contribution is 7.16. The highest BCUT2D eigenvalue weighted by Crippen LogP contribution is 2.39. The Hall–Kier alpha value is -2.59. The van der Waals surface area contributed by atoms with Crippen molar-refractivity contribution in [1.82, 2.24) is 25.1 Å². The zero-order chi connectivity index (χ0) is 18.1. The molecule has 0 spiro atoms. The second-order valence-electron chi connectivity index (χ2n) is 5.90. The van der Waals surface area contributed by atoms with Gasteiger partial charge in [0.25, 0.3) is 0 Å². The number of aromatic nitrogens is 5. The van der Waals surface area contributed by atoms with Crippen LogP contribution < -0.4 is 10.2 Å². The summed E-state index contributed by atoms with van der Waals surface area (Å²) in [6.45, 7) is 3.88. The Morgan fingerprint density at radius 1 is 1.38 bits per heavy atom. The fourth-order valence-corrected chi connectivity index (χ4v) is 3.82. The van der Waals surface area contributed by atoms with Crippen molar-refractivity contribution in [3.05, 3.63) is 28.8 Å². The van der Waals surface area contributed by atoms with Crippen molar-refractivity contribution < 1.29 is 9.13 Å². The van der Waals surface area contributed by atoms with E-state index >= 15 is 0 Å². The van der Waals surface area contributed by atoms with Gasteiger partial charge in [-0.2, -0.15) is 5.10 Å². The number of rotatable bonds is 5. The number of anilines is 3. The van der Waals surface area contributed by atoms with Crippen LogP contribution in [0.25, 0.3) is 11.3 Å². The first-order valence-electron chi connectivity index (χ1n) is 8.19. The van der Waals surface area contributed by atoms with Crippen molar-refractivity contribution in [2.24, 2.45) is 0 Å². The van der Waals surface area contributed by atoms with Crippen LogP contribution in [0.2, 0.25) is 0 Å². The molecule has 0 atom stereocenters. The van der Waals surface area contributed by atoms with Crippen molar-refractivity contribution in [2.45, 2.75) is 13.3 Å². The van der Waals surface area contributed by atoms with Crippen LogP contribution >= 0.6 is 11.3 Å². The first-order chi connectivity index (χ1) is 12.7. The molecular weight excluding hydrogens is 357 g/mol. The maximum Gasteiger partial charge on any atom is 0.229 e. The fourth-order valence-electron chi connectivity index (χ4n) is 2.86. The maximum absolute atomic E-state index is 13.3. The van der Waals surface area contributed by atoms with Crippen LogP contribution in [0.1, 0.15) is 10.6 Å². The van der Waals surface area contributed by atoms with Gasteiger partial charge < -0.3 is 15.0 Å². The van der Waals surface area contributed by atoms with Gasteiger partial charge in [-0.05, 0) is 6.92 Å². The first kappa shape index (κ1) is 16.9. The number of ether oxygens (including phenoxy) is 1. The van der Waals surface area contributed by atoms with Gasteiger partial charge in [-0.15, -0.1) is 11.3 Å². The molecule has 0 saturated carbocycles. The predicted octanol–water partition coefficient (Wildman–Crippen LogP) is 2.52. The summed E-state index contributed by atoms with van der Waals surface area (Å²) >= 11 is 1.55. The van der Waals surface area contributed by atoms with E-state index in [1.54, 1.807) is 31.6 Å². The number of H-pyrrole nitrogens is 1. The molecule has 4 rings (SSSR count). The SMILES string of the molecule is COCCN1CCc2sc(Nc3ncc(F)c(C)n3)nc2-c2cn[nH]c21.